The maximum absolute atomic E-state index is 13.3. The van der Waals surface area contributed by atoms with Crippen LogP contribution in [-0.4, -0.2) is 51.9 Å². The van der Waals surface area contributed by atoms with E-state index in [1.807, 2.05) is 0 Å². The summed E-state index contributed by atoms with van der Waals surface area (Å²) in [5, 5.41) is 3.22. The molecule has 2 bridgehead atoms. The predicted octanol–water partition coefficient (Wildman–Crippen LogP) is 3.09. The first-order chi connectivity index (χ1) is 13.8. The minimum atomic E-state index is -3.59. The molecular weight excluding hydrogens is 386 g/mol. The molecule has 2 aliphatic carbocycles. The molecular formula is C22H33N3O3S. The number of anilines is 1. The minimum Gasteiger partial charge on any atom is -0.371 e. The summed E-state index contributed by atoms with van der Waals surface area (Å²) in [7, 11) is -0.560. The largest absolute Gasteiger partial charge is 0.371 e. The van der Waals surface area contributed by atoms with E-state index in [1.165, 1.54) is 44.1 Å². The van der Waals surface area contributed by atoms with Crippen molar-refractivity contribution in [3.05, 3.63) is 23.8 Å². The van der Waals surface area contributed by atoms with E-state index in [2.05, 4.69) is 17.1 Å². The van der Waals surface area contributed by atoms with Crippen LogP contribution in [0.3, 0.4) is 0 Å². The summed E-state index contributed by atoms with van der Waals surface area (Å²) in [6.07, 6.45) is 7.33. The Balaban J connectivity index is 1.61. The second-order valence-corrected chi connectivity index (χ2v) is 11.4. The molecule has 4 rings (SSSR count). The molecule has 3 fully saturated rings. The normalized spacial score (nSPS) is 27.6. The van der Waals surface area contributed by atoms with Crippen molar-refractivity contribution in [2.75, 3.05) is 32.1 Å². The molecule has 1 saturated heterocycles. The zero-order valence-corrected chi connectivity index (χ0v) is 18.5. The number of nitrogens with one attached hydrogen (secondary N) is 1. The van der Waals surface area contributed by atoms with Crippen molar-refractivity contribution in [3.8, 4) is 0 Å². The van der Waals surface area contributed by atoms with Gasteiger partial charge in [0.2, 0.25) is 10.0 Å². The Labute approximate surface area is 174 Å². The second-order valence-electron chi connectivity index (χ2n) is 9.26. The summed E-state index contributed by atoms with van der Waals surface area (Å²) in [6.45, 7) is 3.92. The first-order valence-corrected chi connectivity index (χ1v) is 12.3. The Hall–Kier alpha value is -1.60. The SMILES string of the molecule is C[C@H](NC(=O)c1cc(S(=O)(=O)N(C)C)ccc1N1CCCC1)[C@H]1C[C@H]2CC[C@H]1C2. The zero-order chi connectivity index (χ0) is 20.8. The third kappa shape index (κ3) is 3.91. The second kappa shape index (κ2) is 7.91. The molecule has 0 aromatic heterocycles. The molecule has 1 heterocycles. The van der Waals surface area contributed by atoms with Gasteiger partial charge in [-0.3, -0.25) is 4.79 Å². The van der Waals surface area contributed by atoms with Gasteiger partial charge < -0.3 is 10.2 Å². The van der Waals surface area contributed by atoms with Crippen LogP contribution < -0.4 is 10.2 Å². The molecule has 0 spiro atoms. The summed E-state index contributed by atoms with van der Waals surface area (Å²) in [5.41, 5.74) is 1.32. The van der Waals surface area contributed by atoms with Crippen LogP contribution in [0.5, 0.6) is 0 Å². The zero-order valence-electron chi connectivity index (χ0n) is 17.7. The molecule has 0 unspecified atom stereocenters. The van der Waals surface area contributed by atoms with Crippen molar-refractivity contribution in [1.29, 1.82) is 0 Å². The molecule has 1 aromatic rings. The Morgan fingerprint density at radius 1 is 1.17 bits per heavy atom. The third-order valence-electron chi connectivity index (χ3n) is 7.23. The van der Waals surface area contributed by atoms with Crippen molar-refractivity contribution >= 4 is 21.6 Å². The third-order valence-corrected chi connectivity index (χ3v) is 9.04. The fourth-order valence-electron chi connectivity index (χ4n) is 5.60. The van der Waals surface area contributed by atoms with Crippen LogP contribution in [0.4, 0.5) is 5.69 Å². The van der Waals surface area contributed by atoms with E-state index in [0.717, 1.165) is 43.5 Å². The number of carbonyl (C=O) groups is 1. The average Bonchev–Trinajstić information content (AvgIpc) is 3.45. The fraction of sp³-hybridized carbons (Fsp3) is 0.682. The number of sulfonamides is 1. The van der Waals surface area contributed by atoms with Gasteiger partial charge in [0.05, 0.1) is 10.5 Å². The number of hydrogen-bond donors (Lipinski definition) is 1. The van der Waals surface area contributed by atoms with Gasteiger partial charge in [-0.2, -0.15) is 0 Å². The number of amides is 1. The molecule has 2 saturated carbocycles. The van der Waals surface area contributed by atoms with E-state index >= 15 is 0 Å². The fourth-order valence-corrected chi connectivity index (χ4v) is 6.53. The minimum absolute atomic E-state index is 0.110. The van der Waals surface area contributed by atoms with E-state index < -0.39 is 10.0 Å². The molecule has 4 atom stereocenters. The Kier molecular flexibility index (Phi) is 5.64. The lowest BCUT2D eigenvalue weighted by Gasteiger charge is -2.29. The van der Waals surface area contributed by atoms with Gasteiger partial charge in [-0.1, -0.05) is 6.42 Å². The molecule has 160 valence electrons. The molecule has 1 amide bonds. The van der Waals surface area contributed by atoms with Gasteiger partial charge in [-0.25, -0.2) is 12.7 Å². The molecule has 6 nitrogen and oxygen atoms in total. The highest BCUT2D eigenvalue weighted by atomic mass is 32.2. The Bertz CT molecular complexity index is 877. The van der Waals surface area contributed by atoms with E-state index in [1.54, 1.807) is 18.2 Å². The van der Waals surface area contributed by atoms with Crippen molar-refractivity contribution in [2.24, 2.45) is 17.8 Å². The van der Waals surface area contributed by atoms with Crippen molar-refractivity contribution in [1.82, 2.24) is 9.62 Å². The number of rotatable bonds is 6. The molecule has 1 aromatic carbocycles. The monoisotopic (exact) mass is 419 g/mol. The quantitative estimate of drug-likeness (QED) is 0.769. The van der Waals surface area contributed by atoms with E-state index in [0.29, 0.717) is 11.5 Å². The maximum Gasteiger partial charge on any atom is 0.253 e. The Morgan fingerprint density at radius 2 is 1.90 bits per heavy atom. The van der Waals surface area contributed by atoms with Crippen LogP contribution in [0, 0.1) is 17.8 Å². The van der Waals surface area contributed by atoms with Crippen LogP contribution in [-0.2, 0) is 10.0 Å². The summed E-state index contributed by atoms with van der Waals surface area (Å²) in [4.78, 5) is 15.7. The van der Waals surface area contributed by atoms with Gasteiger partial charge >= 0.3 is 0 Å². The van der Waals surface area contributed by atoms with Crippen molar-refractivity contribution < 1.29 is 13.2 Å². The maximum atomic E-state index is 13.3. The van der Waals surface area contributed by atoms with E-state index in [-0.39, 0.29) is 16.8 Å². The van der Waals surface area contributed by atoms with Gasteiger partial charge in [-0.05, 0) is 75.0 Å². The highest BCUT2D eigenvalue weighted by Crippen LogP contribution is 2.49. The molecule has 7 heteroatoms. The van der Waals surface area contributed by atoms with Gasteiger partial charge in [0.1, 0.15) is 0 Å². The molecule has 1 aliphatic heterocycles. The highest BCUT2D eigenvalue weighted by Gasteiger charge is 2.42. The summed E-state index contributed by atoms with van der Waals surface area (Å²) < 4.78 is 26.5. The number of hydrogen-bond acceptors (Lipinski definition) is 4. The van der Waals surface area contributed by atoms with Crippen molar-refractivity contribution in [2.45, 2.75) is 56.4 Å². The smallest absolute Gasteiger partial charge is 0.253 e. The lowest BCUT2D eigenvalue weighted by molar-refractivity contribution is 0.0915. The molecule has 1 N–H and O–H groups in total. The van der Waals surface area contributed by atoms with Crippen LogP contribution in [0.25, 0.3) is 0 Å². The summed E-state index contributed by atoms with van der Waals surface area (Å²) in [6, 6.07) is 5.10. The molecule has 3 aliphatic rings. The van der Waals surface area contributed by atoms with Gasteiger partial charge in [-0.15, -0.1) is 0 Å². The van der Waals surface area contributed by atoms with Crippen LogP contribution in [0.1, 0.15) is 55.8 Å². The number of benzene rings is 1. The lowest BCUT2D eigenvalue weighted by atomic mass is 9.84. The van der Waals surface area contributed by atoms with Gasteiger partial charge in [0.25, 0.3) is 5.91 Å². The average molecular weight is 420 g/mol. The topological polar surface area (TPSA) is 69.7 Å². The van der Waals surface area contributed by atoms with Gasteiger partial charge in [0, 0.05) is 38.9 Å². The highest BCUT2D eigenvalue weighted by molar-refractivity contribution is 7.89. The first-order valence-electron chi connectivity index (χ1n) is 10.9. The van der Waals surface area contributed by atoms with Crippen LogP contribution in [0.2, 0.25) is 0 Å². The van der Waals surface area contributed by atoms with E-state index in [4.69, 9.17) is 0 Å². The number of nitrogens with zero attached hydrogens (tertiary/aromatic N) is 2. The number of fused-ring (bicyclic) bond motifs is 2. The predicted molar refractivity (Wildman–Crippen MR) is 115 cm³/mol. The van der Waals surface area contributed by atoms with Gasteiger partial charge in [0.15, 0.2) is 0 Å². The summed E-state index contributed by atoms with van der Waals surface area (Å²) >= 11 is 0. The molecule has 29 heavy (non-hydrogen) atoms. The van der Waals surface area contributed by atoms with Crippen LogP contribution >= 0.6 is 0 Å². The summed E-state index contributed by atoms with van der Waals surface area (Å²) in [5.74, 6) is 1.95. The Morgan fingerprint density at radius 3 is 2.48 bits per heavy atom. The lowest BCUT2D eigenvalue weighted by Crippen LogP contribution is -2.40. The molecule has 0 radical (unpaired) electrons. The van der Waals surface area contributed by atoms with E-state index in [9.17, 15) is 13.2 Å². The number of carbonyl (C=O) groups excluding carboxylic acids is 1. The first kappa shape index (κ1) is 20.7. The van der Waals surface area contributed by atoms with Crippen molar-refractivity contribution in [3.63, 3.8) is 0 Å². The standard InChI is InChI=1S/C22H33N3O3S/c1-15(19-13-16-6-7-17(19)12-16)23-22(26)20-14-18(29(27,28)24(2)3)8-9-21(20)25-10-4-5-11-25/h8-9,14-17,19H,4-7,10-13H2,1-3H3,(H,23,26)/t15-,16-,17-,19+/m0/s1. The van der Waals surface area contributed by atoms with Crippen LogP contribution in [0.15, 0.2) is 23.1 Å².